The second-order valence-corrected chi connectivity index (χ2v) is 21.3. The van der Waals surface area contributed by atoms with Crippen LogP contribution in [0.15, 0.2) is 84.6 Å². The van der Waals surface area contributed by atoms with E-state index in [0.717, 1.165) is 11.6 Å². The molecule has 5 rings (SSSR count). The highest BCUT2D eigenvalue weighted by atomic mass is 16.7. The highest BCUT2D eigenvalue weighted by Crippen LogP contribution is 2.44. The monoisotopic (exact) mass is 1090 g/mol. The van der Waals surface area contributed by atoms with Crippen LogP contribution in [0.5, 0.6) is 0 Å². The van der Waals surface area contributed by atoms with Gasteiger partial charge in [-0.25, -0.2) is 4.79 Å². The number of nitrogens with one attached hydrogen (secondary N) is 1. The lowest BCUT2D eigenvalue weighted by atomic mass is 9.73. The molecule has 0 aromatic carbocycles. The number of hydrogen-bond donors (Lipinski definition) is 6. The van der Waals surface area contributed by atoms with Crippen molar-refractivity contribution in [3.63, 3.8) is 0 Å². The number of ether oxygens (including phenoxy) is 12. The van der Waals surface area contributed by atoms with Crippen LogP contribution in [0.1, 0.15) is 87.5 Å². The van der Waals surface area contributed by atoms with Gasteiger partial charge in [-0.3, -0.25) is 4.79 Å². The maximum absolute atomic E-state index is 14.3. The van der Waals surface area contributed by atoms with Crippen LogP contribution in [0.3, 0.4) is 0 Å². The van der Waals surface area contributed by atoms with Crippen LogP contribution in [0.25, 0.3) is 0 Å². The Hall–Kier alpha value is -3.52. The summed E-state index contributed by atoms with van der Waals surface area (Å²) in [7, 11) is 6.32. The van der Waals surface area contributed by atoms with Crippen LogP contribution >= 0.6 is 0 Å². The fraction of sp³-hybridized carbons (Fsp3) is 0.719. The van der Waals surface area contributed by atoms with Crippen molar-refractivity contribution < 1.29 is 92.0 Å². The van der Waals surface area contributed by atoms with E-state index in [9.17, 15) is 30.0 Å². The molecule has 5 aliphatic heterocycles. The maximum atomic E-state index is 14.3. The molecule has 5 aliphatic rings. The molecule has 21 atom stereocenters. The van der Waals surface area contributed by atoms with E-state index in [1.165, 1.54) is 6.08 Å². The van der Waals surface area contributed by atoms with Crippen LogP contribution in [0, 0.1) is 17.3 Å². The Balaban J connectivity index is 1.23. The van der Waals surface area contributed by atoms with Gasteiger partial charge in [0.25, 0.3) is 0 Å². The van der Waals surface area contributed by atoms with Crippen molar-refractivity contribution in [2.45, 2.75) is 204 Å². The van der Waals surface area contributed by atoms with E-state index < -0.39 is 127 Å². The Morgan fingerprint density at radius 2 is 1.34 bits per heavy atom. The molecule has 20 nitrogen and oxygen atoms in total. The minimum atomic E-state index is -2.16. The number of rotatable bonds is 25. The summed E-state index contributed by atoms with van der Waals surface area (Å²) in [5.74, 6) is -5.26. The lowest BCUT2D eigenvalue weighted by Crippen LogP contribution is -2.62. The Morgan fingerprint density at radius 3 is 1.95 bits per heavy atom. The smallest absolute Gasteiger partial charge is 0.328 e. The van der Waals surface area contributed by atoms with Gasteiger partial charge >= 0.3 is 5.97 Å². The van der Waals surface area contributed by atoms with Crippen LogP contribution in [0.4, 0.5) is 0 Å². The van der Waals surface area contributed by atoms with Crippen LogP contribution in [-0.4, -0.2) is 195 Å². The molecule has 5 saturated heterocycles. The SMILES string of the molecule is C/C=C\C=C\[C@@H]1O[C@](O)([C@H](CO[C@H]2C[C@H](OC)[C@H](O[C@@H]3C[C@@H](OC)[C@@H](O[C@H]4C[C@H](OC)[C@H](O)[C@H](C)O4)[C@H](C)O3)[C@H](C)O2)C(=O)NC/C=C/C=C(\C)[C@H](OC)[C@@H](C)[C@H]2C[C@@H](O)[C@H](/C=C/C=C/C=C/C(=O)O)O2)C[C@H](O)C1(C)C. The summed E-state index contributed by atoms with van der Waals surface area (Å²) in [6.45, 7) is 14.7. The van der Waals surface area contributed by atoms with Crippen molar-refractivity contribution in [2.24, 2.45) is 17.3 Å². The molecule has 0 aliphatic carbocycles. The van der Waals surface area contributed by atoms with Gasteiger partial charge in [0.05, 0.1) is 73.8 Å². The molecule has 0 aromatic rings. The summed E-state index contributed by atoms with van der Waals surface area (Å²) in [6.07, 6.45) is 11.8. The molecule has 1 amide bonds. The normalized spacial score (nSPS) is 38.6. The summed E-state index contributed by atoms with van der Waals surface area (Å²) in [6, 6.07) is 0. The Labute approximate surface area is 455 Å². The van der Waals surface area contributed by atoms with E-state index in [1.54, 1.807) is 84.0 Å². The third-order valence-electron chi connectivity index (χ3n) is 15.4. The van der Waals surface area contributed by atoms with E-state index >= 15 is 0 Å². The van der Waals surface area contributed by atoms with Crippen molar-refractivity contribution in [1.82, 2.24) is 5.32 Å². The van der Waals surface area contributed by atoms with Gasteiger partial charge in [0.2, 0.25) is 5.91 Å². The number of carboxylic acids is 1. The number of methoxy groups -OCH3 is 4. The first kappa shape index (κ1) is 64.3. The molecular weight excluding hydrogens is 1000 g/mol. The molecule has 6 N–H and O–H groups in total. The molecule has 0 bridgehead atoms. The Bertz CT molecular complexity index is 2060. The number of aliphatic carboxylic acids is 1. The molecule has 20 heteroatoms. The molecule has 0 unspecified atom stereocenters. The number of amides is 1. The zero-order chi connectivity index (χ0) is 56.6. The number of carboxylic acid groups (broad SMARTS) is 1. The Kier molecular flexibility index (Phi) is 25.3. The minimum absolute atomic E-state index is 0.0694. The lowest BCUT2D eigenvalue weighted by Gasteiger charge is -2.50. The molecule has 0 saturated carbocycles. The quantitative estimate of drug-likeness (QED) is 0.0533. The molecular formula is C57H89NO19. The largest absolute Gasteiger partial charge is 0.478 e. The second-order valence-electron chi connectivity index (χ2n) is 21.3. The first-order valence-electron chi connectivity index (χ1n) is 26.9. The molecule has 0 radical (unpaired) electrons. The zero-order valence-electron chi connectivity index (χ0n) is 47.0. The highest BCUT2D eigenvalue weighted by molar-refractivity contribution is 5.80. The van der Waals surface area contributed by atoms with E-state index in [2.05, 4.69) is 5.32 Å². The van der Waals surface area contributed by atoms with Gasteiger partial charge < -0.3 is 87.7 Å². The summed E-state index contributed by atoms with van der Waals surface area (Å²) in [5, 5.41) is 56.8. The number of aliphatic hydroxyl groups excluding tert-OH is 3. The topological polar surface area (TPSA) is 258 Å². The van der Waals surface area contributed by atoms with Crippen molar-refractivity contribution >= 4 is 11.9 Å². The van der Waals surface area contributed by atoms with E-state index in [0.29, 0.717) is 19.3 Å². The first-order chi connectivity index (χ1) is 36.6. The lowest BCUT2D eigenvalue weighted by molar-refractivity contribution is -0.341. The van der Waals surface area contributed by atoms with Gasteiger partial charge in [0, 0.05) is 84.5 Å². The molecule has 436 valence electrons. The number of allylic oxidation sites excluding steroid dienone is 9. The first-order valence-corrected chi connectivity index (χ1v) is 26.9. The van der Waals surface area contributed by atoms with Crippen LogP contribution in [-0.2, 0) is 66.4 Å². The predicted octanol–water partition coefficient (Wildman–Crippen LogP) is 4.74. The number of aliphatic hydroxyl groups is 4. The van der Waals surface area contributed by atoms with Crippen molar-refractivity contribution in [2.75, 3.05) is 41.6 Å². The molecule has 5 heterocycles. The van der Waals surface area contributed by atoms with Crippen molar-refractivity contribution in [3.05, 3.63) is 84.6 Å². The predicted molar refractivity (Wildman–Crippen MR) is 283 cm³/mol. The highest BCUT2D eigenvalue weighted by Gasteiger charge is 2.55. The molecule has 5 fully saturated rings. The fourth-order valence-electron chi connectivity index (χ4n) is 10.6. The van der Waals surface area contributed by atoms with Gasteiger partial charge in [-0.05, 0) is 40.2 Å². The van der Waals surface area contributed by atoms with Gasteiger partial charge in [-0.2, -0.15) is 0 Å². The van der Waals surface area contributed by atoms with E-state index in [4.69, 9.17) is 61.9 Å². The van der Waals surface area contributed by atoms with Gasteiger partial charge in [0.15, 0.2) is 24.7 Å². The van der Waals surface area contributed by atoms with Crippen LogP contribution < -0.4 is 5.32 Å². The maximum Gasteiger partial charge on any atom is 0.328 e. The van der Waals surface area contributed by atoms with Crippen molar-refractivity contribution in [3.8, 4) is 0 Å². The third-order valence-corrected chi connectivity index (χ3v) is 15.4. The molecule has 0 spiro atoms. The third kappa shape index (κ3) is 17.5. The summed E-state index contributed by atoms with van der Waals surface area (Å²) < 4.78 is 73.9. The Morgan fingerprint density at radius 1 is 0.753 bits per heavy atom. The molecule has 0 aromatic heterocycles. The average Bonchev–Trinajstić information content (AvgIpc) is 3.78. The standard InChI is InChI=1S/C57H89NO19/c1-13-14-17-24-46-56(7,8)45(60)31-57(65,77-46)38(55(64)58-26-21-20-22-33(2)52(69-12)34(3)41-27-39(59)40(74-41)23-18-15-16-19-25-47(61)62)32-70-48-29-43(67-10)53(36(5)72-48)76-50-30-44(68-11)54(37(6)73-50)75-49-28-42(66-9)51(63)35(4)71-49/h13-25,34-46,48-54,59-60,63,65H,26-32H2,1-12H3,(H,58,64)(H,61,62)/b14-13-,16-15+,21-20+,23-18+,24-17+,25-19+,33-22+/t34-,35-,36-,37-,38+,39+,40-,41+,42-,43-,44+,45-,46-,48+,49-,50+,51+,52-,53+,54-,57-/m0/s1. The van der Waals surface area contributed by atoms with E-state index in [1.807, 2.05) is 66.7 Å². The summed E-state index contributed by atoms with van der Waals surface area (Å²) in [4.78, 5) is 25.0. The van der Waals surface area contributed by atoms with Gasteiger partial charge in [-0.1, -0.05) is 93.7 Å². The minimum Gasteiger partial charge on any atom is -0.478 e. The fourth-order valence-corrected chi connectivity index (χ4v) is 10.6. The second kappa shape index (κ2) is 30.3. The zero-order valence-corrected chi connectivity index (χ0v) is 47.0. The van der Waals surface area contributed by atoms with Crippen molar-refractivity contribution in [1.29, 1.82) is 0 Å². The van der Waals surface area contributed by atoms with Gasteiger partial charge in [-0.15, -0.1) is 0 Å². The van der Waals surface area contributed by atoms with Crippen LogP contribution in [0.2, 0.25) is 0 Å². The number of hydrogen-bond acceptors (Lipinski definition) is 18. The summed E-state index contributed by atoms with van der Waals surface area (Å²) >= 11 is 0. The summed E-state index contributed by atoms with van der Waals surface area (Å²) in [5.41, 5.74) is 0.0597. The number of carbonyl (C=O) groups is 2. The average molecular weight is 1090 g/mol. The number of carbonyl (C=O) groups excluding carboxylic acids is 1. The van der Waals surface area contributed by atoms with E-state index in [-0.39, 0.29) is 44.1 Å². The molecule has 77 heavy (non-hydrogen) atoms. The van der Waals surface area contributed by atoms with Gasteiger partial charge in [0.1, 0.15) is 30.3 Å².